The lowest BCUT2D eigenvalue weighted by Crippen LogP contribution is -2.30. The summed E-state index contributed by atoms with van der Waals surface area (Å²) in [5.74, 6) is -5.31. The average Bonchev–Trinajstić information content (AvgIpc) is 3.06. The van der Waals surface area contributed by atoms with Crippen molar-refractivity contribution < 1.29 is 22.8 Å². The molecule has 2 amide bonds. The first-order chi connectivity index (χ1) is 13.3. The van der Waals surface area contributed by atoms with Gasteiger partial charge in [-0.3, -0.25) is 9.59 Å². The van der Waals surface area contributed by atoms with Crippen LogP contribution in [0.15, 0.2) is 12.1 Å². The van der Waals surface area contributed by atoms with Gasteiger partial charge in [-0.2, -0.15) is 0 Å². The SMILES string of the molecule is CC(C)CNC(=O)c1nc(C(=O)Nc2ccc(F)c(F)c2F)c2n1CCCC2. The summed E-state index contributed by atoms with van der Waals surface area (Å²) in [7, 11) is 0. The Balaban J connectivity index is 1.90. The molecular formula is C19H21F3N4O2. The quantitative estimate of drug-likeness (QED) is 0.765. The molecule has 9 heteroatoms. The van der Waals surface area contributed by atoms with E-state index in [0.29, 0.717) is 25.2 Å². The van der Waals surface area contributed by atoms with Crippen LogP contribution in [0.1, 0.15) is 53.5 Å². The highest BCUT2D eigenvalue weighted by atomic mass is 19.2. The van der Waals surface area contributed by atoms with Gasteiger partial charge in [0.25, 0.3) is 11.8 Å². The summed E-state index contributed by atoms with van der Waals surface area (Å²) in [6, 6.07) is 1.66. The highest BCUT2D eigenvalue weighted by Gasteiger charge is 2.28. The van der Waals surface area contributed by atoms with Gasteiger partial charge in [0.2, 0.25) is 0 Å². The Bertz CT molecular complexity index is 924. The minimum Gasteiger partial charge on any atom is -0.349 e. The van der Waals surface area contributed by atoms with Crippen LogP contribution in [0, 0.1) is 23.4 Å². The van der Waals surface area contributed by atoms with E-state index in [0.717, 1.165) is 25.0 Å². The summed E-state index contributed by atoms with van der Waals surface area (Å²) in [4.78, 5) is 29.3. The molecule has 0 radical (unpaired) electrons. The largest absolute Gasteiger partial charge is 0.349 e. The third-order valence-electron chi connectivity index (χ3n) is 4.49. The fourth-order valence-electron chi connectivity index (χ4n) is 3.08. The number of rotatable bonds is 5. The topological polar surface area (TPSA) is 76.0 Å². The van der Waals surface area contributed by atoms with Crippen molar-refractivity contribution >= 4 is 17.5 Å². The van der Waals surface area contributed by atoms with E-state index in [9.17, 15) is 22.8 Å². The molecule has 0 spiro atoms. The van der Waals surface area contributed by atoms with Crippen molar-refractivity contribution in [3.63, 3.8) is 0 Å². The van der Waals surface area contributed by atoms with Gasteiger partial charge in [0, 0.05) is 13.1 Å². The van der Waals surface area contributed by atoms with E-state index in [1.165, 1.54) is 0 Å². The van der Waals surface area contributed by atoms with Crippen molar-refractivity contribution in [2.45, 2.75) is 39.7 Å². The summed E-state index contributed by atoms with van der Waals surface area (Å²) in [6.45, 7) is 4.91. The third kappa shape index (κ3) is 3.88. The van der Waals surface area contributed by atoms with Gasteiger partial charge >= 0.3 is 0 Å². The molecule has 0 saturated heterocycles. The number of hydrogen-bond acceptors (Lipinski definition) is 3. The normalized spacial score (nSPS) is 13.4. The maximum absolute atomic E-state index is 13.9. The van der Waals surface area contributed by atoms with Crippen LogP contribution in [0.3, 0.4) is 0 Å². The van der Waals surface area contributed by atoms with E-state index in [1.54, 1.807) is 4.57 Å². The van der Waals surface area contributed by atoms with Gasteiger partial charge in [-0.05, 0) is 37.3 Å². The maximum Gasteiger partial charge on any atom is 0.287 e. The smallest absolute Gasteiger partial charge is 0.287 e. The van der Waals surface area contributed by atoms with Crippen molar-refractivity contribution in [3.05, 3.63) is 46.8 Å². The van der Waals surface area contributed by atoms with Crippen molar-refractivity contribution in [3.8, 4) is 0 Å². The minimum absolute atomic E-state index is 0.0152. The van der Waals surface area contributed by atoms with Crippen LogP contribution in [-0.2, 0) is 13.0 Å². The van der Waals surface area contributed by atoms with E-state index in [1.807, 2.05) is 13.8 Å². The molecule has 0 atom stereocenters. The number of hydrogen-bond donors (Lipinski definition) is 2. The first kappa shape index (κ1) is 19.9. The number of aromatic nitrogens is 2. The van der Waals surface area contributed by atoms with Crippen molar-refractivity contribution in [1.82, 2.24) is 14.9 Å². The van der Waals surface area contributed by atoms with Gasteiger partial charge in [-0.15, -0.1) is 0 Å². The molecule has 2 aromatic rings. The van der Waals surface area contributed by atoms with E-state index in [2.05, 4.69) is 15.6 Å². The summed E-state index contributed by atoms with van der Waals surface area (Å²) >= 11 is 0. The molecule has 150 valence electrons. The second-order valence-corrected chi connectivity index (χ2v) is 7.12. The number of nitrogens with one attached hydrogen (secondary N) is 2. The fourth-order valence-corrected chi connectivity index (χ4v) is 3.08. The number of benzene rings is 1. The van der Waals surface area contributed by atoms with Gasteiger partial charge < -0.3 is 15.2 Å². The molecule has 2 heterocycles. The number of halogens is 3. The van der Waals surface area contributed by atoms with Crippen LogP contribution >= 0.6 is 0 Å². The minimum atomic E-state index is -1.67. The number of nitrogens with zero attached hydrogens (tertiary/aromatic N) is 2. The molecule has 0 bridgehead atoms. The molecule has 28 heavy (non-hydrogen) atoms. The average molecular weight is 394 g/mol. The predicted molar refractivity (Wildman–Crippen MR) is 96.6 cm³/mol. The summed E-state index contributed by atoms with van der Waals surface area (Å²) in [5.41, 5.74) is 0.0623. The van der Waals surface area contributed by atoms with Crippen LogP contribution in [-0.4, -0.2) is 27.9 Å². The molecule has 1 aliphatic heterocycles. The highest BCUT2D eigenvalue weighted by molar-refractivity contribution is 6.05. The summed E-state index contributed by atoms with van der Waals surface area (Å²) < 4.78 is 42.0. The first-order valence-corrected chi connectivity index (χ1v) is 9.12. The molecule has 0 unspecified atom stereocenters. The molecule has 1 aromatic carbocycles. The molecular weight excluding hydrogens is 373 g/mol. The fraction of sp³-hybridized carbons (Fsp3) is 0.421. The van der Waals surface area contributed by atoms with E-state index < -0.39 is 35.0 Å². The second-order valence-electron chi connectivity index (χ2n) is 7.12. The Hall–Kier alpha value is -2.84. The zero-order chi connectivity index (χ0) is 20.4. The van der Waals surface area contributed by atoms with E-state index in [-0.39, 0.29) is 17.4 Å². The van der Waals surface area contributed by atoms with Crippen LogP contribution in [0.25, 0.3) is 0 Å². The molecule has 2 N–H and O–H groups in total. The standard InChI is InChI=1S/C19H21F3N4O2/c1-10(2)9-23-19(28)17-25-16(13-5-3-4-8-26(13)17)18(27)24-12-7-6-11(20)14(21)15(12)22/h6-7,10H,3-5,8-9H2,1-2H3,(H,23,28)(H,24,27). The monoisotopic (exact) mass is 394 g/mol. The second kappa shape index (κ2) is 8.04. The van der Waals surface area contributed by atoms with Gasteiger partial charge in [-0.1, -0.05) is 13.8 Å². The summed E-state index contributed by atoms with van der Waals surface area (Å²) in [5, 5.41) is 4.99. The van der Waals surface area contributed by atoms with Gasteiger partial charge in [0.05, 0.1) is 11.4 Å². The molecule has 6 nitrogen and oxygen atoms in total. The molecule has 1 aliphatic rings. The number of carbonyl (C=O) groups is 2. The lowest BCUT2D eigenvalue weighted by Gasteiger charge is -2.17. The number of imidazole rings is 1. The zero-order valence-electron chi connectivity index (χ0n) is 15.6. The Labute approximate surface area is 160 Å². The van der Waals surface area contributed by atoms with Crippen molar-refractivity contribution in [2.75, 3.05) is 11.9 Å². The van der Waals surface area contributed by atoms with Gasteiger partial charge in [0.15, 0.2) is 29.0 Å². The Kier molecular flexibility index (Phi) is 5.71. The van der Waals surface area contributed by atoms with E-state index >= 15 is 0 Å². The Morgan fingerprint density at radius 2 is 1.89 bits per heavy atom. The number of fused-ring (bicyclic) bond motifs is 1. The molecule has 3 rings (SSSR count). The zero-order valence-corrected chi connectivity index (χ0v) is 15.6. The molecule has 1 aromatic heterocycles. The lowest BCUT2D eigenvalue weighted by molar-refractivity contribution is 0.0933. The van der Waals surface area contributed by atoms with Crippen molar-refractivity contribution in [1.29, 1.82) is 0 Å². The molecule has 0 fully saturated rings. The first-order valence-electron chi connectivity index (χ1n) is 9.12. The number of amides is 2. The molecule has 0 aliphatic carbocycles. The maximum atomic E-state index is 13.9. The van der Waals surface area contributed by atoms with Gasteiger partial charge in [-0.25, -0.2) is 18.2 Å². The van der Waals surface area contributed by atoms with Crippen LogP contribution in [0.4, 0.5) is 18.9 Å². The summed E-state index contributed by atoms with van der Waals surface area (Å²) in [6.07, 6.45) is 2.19. The van der Waals surface area contributed by atoms with Crippen molar-refractivity contribution in [2.24, 2.45) is 5.92 Å². The number of carbonyl (C=O) groups excluding carboxylic acids is 2. The highest BCUT2D eigenvalue weighted by Crippen LogP contribution is 2.24. The number of anilines is 1. The van der Waals surface area contributed by atoms with Crippen LogP contribution in [0.2, 0.25) is 0 Å². The Morgan fingerprint density at radius 3 is 2.61 bits per heavy atom. The predicted octanol–water partition coefficient (Wildman–Crippen LogP) is 3.27. The van der Waals surface area contributed by atoms with E-state index in [4.69, 9.17) is 0 Å². The Morgan fingerprint density at radius 1 is 1.14 bits per heavy atom. The lowest BCUT2D eigenvalue weighted by atomic mass is 10.1. The third-order valence-corrected chi connectivity index (χ3v) is 4.49. The van der Waals surface area contributed by atoms with Gasteiger partial charge in [0.1, 0.15) is 0 Å². The van der Waals surface area contributed by atoms with Crippen LogP contribution in [0.5, 0.6) is 0 Å². The van der Waals surface area contributed by atoms with Crippen LogP contribution < -0.4 is 10.6 Å². The molecule has 0 saturated carbocycles.